The third-order valence-corrected chi connectivity index (χ3v) is 7.03. The van der Waals surface area contributed by atoms with Gasteiger partial charge >= 0.3 is 6.03 Å². The van der Waals surface area contributed by atoms with Gasteiger partial charge in [-0.1, -0.05) is 0 Å². The Morgan fingerprint density at radius 1 is 1.11 bits per heavy atom. The number of hydrogen-bond donors (Lipinski definition) is 2. The highest BCUT2D eigenvalue weighted by atomic mass is 16.2. The summed E-state index contributed by atoms with van der Waals surface area (Å²) in [6.45, 7) is 7.19. The number of carbonyl (C=O) groups excluding carboxylic acids is 1. The molecule has 2 saturated heterocycles. The molecule has 186 valence electrons. The highest BCUT2D eigenvalue weighted by molar-refractivity contribution is 5.74. The summed E-state index contributed by atoms with van der Waals surface area (Å²) in [5.74, 6) is 0. The van der Waals surface area contributed by atoms with Gasteiger partial charge in [0.15, 0.2) is 5.69 Å². The number of benzene rings is 1. The molecule has 2 aromatic rings. The first-order chi connectivity index (χ1) is 16.9. The lowest BCUT2D eigenvalue weighted by Crippen LogP contribution is -2.55. The number of amides is 2. The number of piperidine rings is 1. The first-order valence-electron chi connectivity index (χ1n) is 12.3. The Labute approximate surface area is 208 Å². The van der Waals surface area contributed by atoms with Crippen LogP contribution in [0.2, 0.25) is 0 Å². The first-order valence-corrected chi connectivity index (χ1v) is 12.3. The number of anilines is 4. The van der Waals surface area contributed by atoms with Crippen LogP contribution in [-0.2, 0) is 0 Å². The van der Waals surface area contributed by atoms with Crippen molar-refractivity contribution < 1.29 is 4.79 Å². The van der Waals surface area contributed by atoms with Gasteiger partial charge in [0.25, 0.3) is 0 Å². The molecule has 4 rings (SSSR count). The molecule has 2 amide bonds. The summed E-state index contributed by atoms with van der Waals surface area (Å²) < 4.78 is 0. The van der Waals surface area contributed by atoms with Crippen molar-refractivity contribution in [3.63, 3.8) is 0 Å². The largest absolute Gasteiger partial charge is 0.369 e. The number of hydrogen-bond acceptors (Lipinski definition) is 7. The van der Waals surface area contributed by atoms with Gasteiger partial charge in [-0.05, 0) is 57.1 Å². The van der Waals surface area contributed by atoms with Gasteiger partial charge in [0.1, 0.15) is 6.07 Å². The Bertz CT molecular complexity index is 1060. The normalized spacial score (nSPS) is 20.8. The number of nitrogens with zero attached hydrogens (tertiary/aromatic N) is 6. The number of aromatic nitrogens is 1. The Kier molecular flexibility index (Phi) is 7.61. The summed E-state index contributed by atoms with van der Waals surface area (Å²) in [6, 6.07) is 12.6. The van der Waals surface area contributed by atoms with Crippen LogP contribution in [0.15, 0.2) is 36.5 Å². The topological polar surface area (TPSA) is 90.8 Å². The molecule has 2 aliphatic rings. The lowest BCUT2D eigenvalue weighted by molar-refractivity contribution is 0.207. The monoisotopic (exact) mass is 476 g/mol. The van der Waals surface area contributed by atoms with Crippen LogP contribution in [0.1, 0.15) is 25.5 Å². The Morgan fingerprint density at radius 3 is 2.49 bits per heavy atom. The summed E-state index contributed by atoms with van der Waals surface area (Å²) in [5, 5.41) is 16.2. The SMILES string of the molecule is C[C@@H]1[C@H](NC(=O)N(C)C)CCCN1c1cnc(C#N)c(Nc2ccc(N3CCN(C)CC3)cc2)c1. The molecule has 1 aromatic carbocycles. The number of likely N-dealkylation sites (N-methyl/N-ethyl adjacent to an activating group) is 1. The number of nitriles is 1. The van der Waals surface area contributed by atoms with Crippen molar-refractivity contribution in [2.75, 3.05) is 69.0 Å². The Morgan fingerprint density at radius 2 is 1.83 bits per heavy atom. The van der Waals surface area contributed by atoms with E-state index in [4.69, 9.17) is 0 Å². The molecule has 0 bridgehead atoms. The zero-order chi connectivity index (χ0) is 24.9. The highest BCUT2D eigenvalue weighted by Crippen LogP contribution is 2.30. The fourth-order valence-corrected chi connectivity index (χ4v) is 4.76. The van der Waals surface area contributed by atoms with E-state index in [1.165, 1.54) is 5.69 Å². The molecule has 2 fully saturated rings. The van der Waals surface area contributed by atoms with Crippen LogP contribution < -0.4 is 20.4 Å². The minimum atomic E-state index is -0.0796. The highest BCUT2D eigenvalue weighted by Gasteiger charge is 2.30. The standard InChI is InChI=1S/C26H36N8O/c1-19-23(30-26(35)31(2)3)6-5-11-34(19)22-16-24(25(17-27)28-18-22)29-20-7-9-21(10-8-20)33-14-12-32(4)13-15-33/h7-10,16,18-19,23,29H,5-6,11-15H2,1-4H3,(H,30,35)/t19-,23-/m1/s1. The number of piperazine rings is 1. The summed E-state index contributed by atoms with van der Waals surface area (Å²) >= 11 is 0. The van der Waals surface area contributed by atoms with Gasteiger partial charge in [-0.3, -0.25) is 0 Å². The van der Waals surface area contributed by atoms with Crippen LogP contribution in [0.5, 0.6) is 0 Å². The van der Waals surface area contributed by atoms with Crippen molar-refractivity contribution in [3.8, 4) is 6.07 Å². The first kappa shape index (κ1) is 24.6. The fraction of sp³-hybridized carbons (Fsp3) is 0.500. The molecule has 35 heavy (non-hydrogen) atoms. The van der Waals surface area contributed by atoms with Crippen LogP contribution in [0.3, 0.4) is 0 Å². The molecule has 1 aromatic heterocycles. The van der Waals surface area contributed by atoms with Gasteiger partial charge in [0, 0.05) is 64.2 Å². The summed E-state index contributed by atoms with van der Waals surface area (Å²) in [5.41, 5.74) is 4.12. The minimum absolute atomic E-state index is 0.0489. The second kappa shape index (κ2) is 10.8. The van der Waals surface area contributed by atoms with E-state index in [1.54, 1.807) is 25.2 Å². The van der Waals surface area contributed by atoms with E-state index >= 15 is 0 Å². The van der Waals surface area contributed by atoms with Crippen LogP contribution in [0.4, 0.5) is 27.5 Å². The number of urea groups is 1. The Hall–Kier alpha value is -3.51. The predicted molar refractivity (Wildman–Crippen MR) is 140 cm³/mol. The van der Waals surface area contributed by atoms with Crippen LogP contribution in [0.25, 0.3) is 0 Å². The van der Waals surface area contributed by atoms with Gasteiger partial charge in [-0.15, -0.1) is 0 Å². The van der Waals surface area contributed by atoms with E-state index in [-0.39, 0.29) is 18.1 Å². The quantitative estimate of drug-likeness (QED) is 0.685. The lowest BCUT2D eigenvalue weighted by atomic mass is 9.97. The molecular formula is C26H36N8O. The fourth-order valence-electron chi connectivity index (χ4n) is 4.76. The van der Waals surface area contributed by atoms with Gasteiger partial charge in [-0.25, -0.2) is 9.78 Å². The molecule has 2 aliphatic heterocycles. The summed E-state index contributed by atoms with van der Waals surface area (Å²) in [7, 11) is 5.66. The van der Waals surface area contributed by atoms with Crippen LogP contribution >= 0.6 is 0 Å². The average Bonchev–Trinajstić information content (AvgIpc) is 2.86. The zero-order valence-corrected chi connectivity index (χ0v) is 21.2. The molecular weight excluding hydrogens is 440 g/mol. The maximum atomic E-state index is 12.2. The van der Waals surface area contributed by atoms with Crippen LogP contribution in [0, 0.1) is 11.3 Å². The zero-order valence-electron chi connectivity index (χ0n) is 21.2. The van der Waals surface area contributed by atoms with E-state index in [1.807, 2.05) is 6.07 Å². The molecule has 2 atom stereocenters. The maximum absolute atomic E-state index is 12.2. The van der Waals surface area contributed by atoms with E-state index in [0.29, 0.717) is 11.4 Å². The molecule has 2 N–H and O–H groups in total. The molecule has 9 nitrogen and oxygen atoms in total. The van der Waals surface area contributed by atoms with Crippen molar-refractivity contribution in [3.05, 3.63) is 42.2 Å². The number of carbonyl (C=O) groups is 1. The third kappa shape index (κ3) is 5.77. The maximum Gasteiger partial charge on any atom is 0.317 e. The number of nitrogens with one attached hydrogen (secondary N) is 2. The van der Waals surface area contributed by atoms with Gasteiger partial charge < -0.3 is 30.2 Å². The lowest BCUT2D eigenvalue weighted by Gasteiger charge is -2.41. The summed E-state index contributed by atoms with van der Waals surface area (Å²) in [6.07, 6.45) is 3.66. The van der Waals surface area contributed by atoms with Crippen molar-refractivity contribution in [1.29, 1.82) is 5.26 Å². The predicted octanol–water partition coefficient (Wildman–Crippen LogP) is 3.08. The number of rotatable bonds is 5. The number of pyridine rings is 1. The molecule has 0 spiro atoms. The van der Waals surface area contributed by atoms with Crippen LogP contribution in [-0.4, -0.2) is 86.8 Å². The Balaban J connectivity index is 1.49. The molecule has 0 unspecified atom stereocenters. The van der Waals surface area contributed by atoms with Crippen molar-refractivity contribution in [2.45, 2.75) is 31.8 Å². The van der Waals surface area contributed by atoms with E-state index in [9.17, 15) is 10.1 Å². The molecule has 0 radical (unpaired) electrons. The second-order valence-electron chi connectivity index (χ2n) is 9.69. The van der Waals surface area contributed by atoms with Crippen molar-refractivity contribution in [1.82, 2.24) is 20.1 Å². The average molecular weight is 477 g/mol. The summed E-state index contributed by atoms with van der Waals surface area (Å²) in [4.78, 5) is 25.2. The van der Waals surface area contributed by atoms with E-state index in [2.05, 4.69) is 74.6 Å². The molecule has 0 saturated carbocycles. The minimum Gasteiger partial charge on any atom is -0.369 e. The van der Waals surface area contributed by atoms with Crippen molar-refractivity contribution >= 4 is 28.8 Å². The molecule has 3 heterocycles. The van der Waals surface area contributed by atoms with Gasteiger partial charge in [0.2, 0.25) is 0 Å². The molecule has 9 heteroatoms. The third-order valence-electron chi connectivity index (χ3n) is 7.03. The van der Waals surface area contributed by atoms with Gasteiger partial charge in [-0.2, -0.15) is 5.26 Å². The second-order valence-corrected chi connectivity index (χ2v) is 9.69. The van der Waals surface area contributed by atoms with E-state index < -0.39 is 0 Å². The van der Waals surface area contributed by atoms with E-state index in [0.717, 1.165) is 56.9 Å². The smallest absolute Gasteiger partial charge is 0.317 e. The molecule has 0 aliphatic carbocycles. The van der Waals surface area contributed by atoms with Gasteiger partial charge in [0.05, 0.1) is 23.6 Å². The van der Waals surface area contributed by atoms with Crippen molar-refractivity contribution in [2.24, 2.45) is 0 Å².